The number of benzene rings is 1. The highest BCUT2D eigenvalue weighted by Gasteiger charge is 2.07. The highest BCUT2D eigenvalue weighted by atomic mass is 32.2. The maximum atomic E-state index is 9.20. The summed E-state index contributed by atoms with van der Waals surface area (Å²) in [6.45, 7) is 2.01. The molecule has 0 saturated carbocycles. The van der Waals surface area contributed by atoms with E-state index in [9.17, 15) is 5.11 Å². The van der Waals surface area contributed by atoms with E-state index in [-0.39, 0.29) is 5.75 Å². The van der Waals surface area contributed by atoms with Crippen molar-refractivity contribution in [1.29, 1.82) is 0 Å². The van der Waals surface area contributed by atoms with Gasteiger partial charge in [0, 0.05) is 6.42 Å². The Labute approximate surface area is 110 Å². The number of aromatic nitrogens is 3. The smallest absolute Gasteiger partial charge is 0.211 e. The minimum atomic E-state index is 0.246. The van der Waals surface area contributed by atoms with Gasteiger partial charge in [-0.25, -0.2) is 0 Å². The molecule has 0 bridgehead atoms. The van der Waals surface area contributed by atoms with Gasteiger partial charge in [-0.05, 0) is 36.1 Å². The van der Waals surface area contributed by atoms with Crippen LogP contribution in [-0.2, 0) is 6.42 Å². The summed E-state index contributed by atoms with van der Waals surface area (Å²) in [4.78, 5) is 0. The monoisotopic (exact) mass is 262 g/mol. The first kappa shape index (κ1) is 12.6. The number of thioether (sulfide) groups is 1. The van der Waals surface area contributed by atoms with Crippen LogP contribution < -0.4 is 0 Å². The van der Waals surface area contributed by atoms with Crippen molar-refractivity contribution in [2.24, 2.45) is 5.10 Å². The third-order valence-corrected chi connectivity index (χ3v) is 3.01. The van der Waals surface area contributed by atoms with E-state index in [1.54, 1.807) is 35.2 Å². The minimum Gasteiger partial charge on any atom is -0.508 e. The van der Waals surface area contributed by atoms with Crippen LogP contribution >= 0.6 is 11.8 Å². The zero-order valence-corrected chi connectivity index (χ0v) is 11.1. The third kappa shape index (κ3) is 2.70. The molecule has 1 aromatic heterocycles. The van der Waals surface area contributed by atoms with Gasteiger partial charge in [-0.2, -0.15) is 9.78 Å². The predicted octanol–water partition coefficient (Wildman–Crippen LogP) is 2.15. The van der Waals surface area contributed by atoms with Crippen LogP contribution in [0.25, 0.3) is 0 Å². The zero-order valence-electron chi connectivity index (χ0n) is 10.2. The molecule has 0 fully saturated rings. The van der Waals surface area contributed by atoms with Crippen LogP contribution in [-0.4, -0.2) is 32.5 Å². The van der Waals surface area contributed by atoms with Crippen molar-refractivity contribution in [1.82, 2.24) is 14.9 Å². The van der Waals surface area contributed by atoms with Crippen LogP contribution in [0, 0.1) is 0 Å². The molecule has 2 aromatic rings. The van der Waals surface area contributed by atoms with Crippen molar-refractivity contribution < 1.29 is 5.11 Å². The van der Waals surface area contributed by atoms with Crippen LogP contribution in [0.3, 0.4) is 0 Å². The summed E-state index contributed by atoms with van der Waals surface area (Å²) in [5, 5.41) is 22.5. The van der Waals surface area contributed by atoms with E-state index in [2.05, 4.69) is 15.3 Å². The number of phenols is 1. The van der Waals surface area contributed by atoms with Crippen LogP contribution in [0.4, 0.5) is 0 Å². The van der Waals surface area contributed by atoms with Crippen LogP contribution in [0.5, 0.6) is 5.75 Å². The number of hydrogen-bond donors (Lipinski definition) is 1. The van der Waals surface area contributed by atoms with Crippen molar-refractivity contribution >= 4 is 18.0 Å². The molecule has 6 heteroatoms. The summed E-state index contributed by atoms with van der Waals surface area (Å²) in [5.41, 5.74) is 0.913. The number of aryl methyl sites for hydroxylation is 1. The van der Waals surface area contributed by atoms with E-state index in [0.29, 0.717) is 0 Å². The van der Waals surface area contributed by atoms with Crippen LogP contribution in [0.2, 0.25) is 0 Å². The van der Waals surface area contributed by atoms with Gasteiger partial charge in [0.25, 0.3) is 0 Å². The number of nitrogens with zero attached hydrogens (tertiary/aromatic N) is 4. The van der Waals surface area contributed by atoms with E-state index < -0.39 is 0 Å². The Hall–Kier alpha value is -1.82. The van der Waals surface area contributed by atoms with Crippen molar-refractivity contribution in [2.75, 3.05) is 6.26 Å². The molecule has 0 spiro atoms. The van der Waals surface area contributed by atoms with E-state index in [4.69, 9.17) is 0 Å². The largest absolute Gasteiger partial charge is 0.508 e. The average molecular weight is 262 g/mol. The first-order valence-corrected chi connectivity index (χ1v) is 6.78. The minimum absolute atomic E-state index is 0.246. The molecule has 1 heterocycles. The molecule has 18 heavy (non-hydrogen) atoms. The maximum Gasteiger partial charge on any atom is 0.211 e. The van der Waals surface area contributed by atoms with Gasteiger partial charge in [0.2, 0.25) is 5.16 Å². The van der Waals surface area contributed by atoms with E-state index >= 15 is 0 Å². The van der Waals surface area contributed by atoms with Crippen molar-refractivity contribution in [2.45, 2.75) is 18.5 Å². The highest BCUT2D eigenvalue weighted by molar-refractivity contribution is 7.98. The number of hydrogen-bond acceptors (Lipinski definition) is 5. The Kier molecular flexibility index (Phi) is 3.99. The fourth-order valence-electron chi connectivity index (χ4n) is 1.44. The van der Waals surface area contributed by atoms with Gasteiger partial charge in [-0.1, -0.05) is 18.7 Å². The van der Waals surface area contributed by atoms with Gasteiger partial charge in [0.15, 0.2) is 5.82 Å². The topological polar surface area (TPSA) is 63.3 Å². The molecule has 0 saturated heterocycles. The molecule has 0 aliphatic rings. The second kappa shape index (κ2) is 5.68. The summed E-state index contributed by atoms with van der Waals surface area (Å²) in [6, 6.07) is 6.86. The van der Waals surface area contributed by atoms with Gasteiger partial charge >= 0.3 is 0 Å². The quantitative estimate of drug-likeness (QED) is 0.677. The van der Waals surface area contributed by atoms with Gasteiger partial charge in [0.05, 0.1) is 6.21 Å². The first-order valence-electron chi connectivity index (χ1n) is 5.56. The molecule has 1 N–H and O–H groups in total. The Morgan fingerprint density at radius 3 is 2.67 bits per heavy atom. The molecule has 0 radical (unpaired) electrons. The van der Waals surface area contributed by atoms with Gasteiger partial charge in [0.1, 0.15) is 5.75 Å². The lowest BCUT2D eigenvalue weighted by Crippen LogP contribution is -1.98. The Morgan fingerprint density at radius 1 is 1.33 bits per heavy atom. The second-order valence-corrected chi connectivity index (χ2v) is 4.38. The number of phenolic OH excluding ortho intramolecular Hbond substituents is 1. The van der Waals surface area contributed by atoms with Gasteiger partial charge in [-0.15, -0.1) is 10.2 Å². The van der Waals surface area contributed by atoms with Crippen molar-refractivity contribution in [3.63, 3.8) is 0 Å². The van der Waals surface area contributed by atoms with Crippen molar-refractivity contribution in [3.05, 3.63) is 35.7 Å². The molecule has 1 aromatic carbocycles. The molecule has 0 aliphatic carbocycles. The molecule has 2 rings (SSSR count). The summed E-state index contributed by atoms with van der Waals surface area (Å²) in [5.74, 6) is 1.07. The highest BCUT2D eigenvalue weighted by Crippen LogP contribution is 2.14. The maximum absolute atomic E-state index is 9.20. The van der Waals surface area contributed by atoms with E-state index in [1.165, 1.54) is 11.8 Å². The van der Waals surface area contributed by atoms with E-state index in [0.717, 1.165) is 23.0 Å². The molecule has 0 aliphatic heterocycles. The Balaban J connectivity index is 2.27. The van der Waals surface area contributed by atoms with E-state index in [1.807, 2.05) is 13.2 Å². The molecule has 0 atom stereocenters. The van der Waals surface area contributed by atoms with Crippen molar-refractivity contribution in [3.8, 4) is 5.75 Å². The number of aromatic hydroxyl groups is 1. The summed E-state index contributed by atoms with van der Waals surface area (Å²) >= 11 is 1.50. The predicted molar refractivity (Wildman–Crippen MR) is 72.3 cm³/mol. The molecule has 0 amide bonds. The summed E-state index contributed by atoms with van der Waals surface area (Å²) in [6.07, 6.45) is 4.44. The average Bonchev–Trinajstić information content (AvgIpc) is 2.80. The normalized spacial score (nSPS) is 11.2. The second-order valence-electron chi connectivity index (χ2n) is 3.60. The molecule has 0 unspecified atom stereocenters. The first-order chi connectivity index (χ1) is 8.74. The Bertz CT molecular complexity index is 526. The lowest BCUT2D eigenvalue weighted by molar-refractivity contribution is 0.475. The Morgan fingerprint density at radius 2 is 2.06 bits per heavy atom. The zero-order chi connectivity index (χ0) is 13.0. The molecule has 94 valence electrons. The lowest BCUT2D eigenvalue weighted by atomic mass is 10.2. The fraction of sp³-hybridized carbons (Fsp3) is 0.250. The standard InChI is InChI=1S/C12H14N4OS/c1-3-11-14-15-12(18-2)16(11)13-8-9-4-6-10(17)7-5-9/h4-8,17H,3H2,1-2H3/b13-8-. The molecular formula is C12H14N4OS. The van der Waals surface area contributed by atoms with Crippen LogP contribution in [0.15, 0.2) is 34.5 Å². The number of rotatable bonds is 4. The SMILES string of the molecule is CCc1nnc(SC)n1/N=C\c1ccc(O)cc1. The molecule has 5 nitrogen and oxygen atoms in total. The summed E-state index contributed by atoms with van der Waals surface area (Å²) < 4.78 is 1.73. The van der Waals surface area contributed by atoms with Gasteiger partial charge in [-0.3, -0.25) is 0 Å². The third-order valence-electron chi connectivity index (χ3n) is 2.39. The van der Waals surface area contributed by atoms with Crippen LogP contribution in [0.1, 0.15) is 18.3 Å². The summed E-state index contributed by atoms with van der Waals surface area (Å²) in [7, 11) is 0. The molecular weight excluding hydrogens is 248 g/mol. The fourth-order valence-corrected chi connectivity index (χ4v) is 1.89. The van der Waals surface area contributed by atoms with Gasteiger partial charge < -0.3 is 5.11 Å². The lowest BCUT2D eigenvalue weighted by Gasteiger charge is -2.00.